The molecule has 1 aromatic rings. The molecule has 3 unspecified atom stereocenters. The number of likely N-dealkylation sites (N-methyl/N-ethyl adjacent to an activating group) is 1. The Hall–Kier alpha value is -2.68. The number of carbonyl (C=O) groups is 3. The van der Waals surface area contributed by atoms with Gasteiger partial charge >= 0.3 is 0 Å². The third-order valence-electron chi connectivity index (χ3n) is 8.82. The number of nitrogens with zero attached hydrogens (tertiary/aromatic N) is 3. The van der Waals surface area contributed by atoms with Crippen molar-refractivity contribution in [2.24, 2.45) is 17.8 Å². The number of aliphatic hydroxyl groups excluding tert-OH is 1. The van der Waals surface area contributed by atoms with E-state index in [2.05, 4.69) is 13.2 Å². The number of hydrogen-bond donors (Lipinski definition) is 1. The summed E-state index contributed by atoms with van der Waals surface area (Å²) in [5.74, 6) is -2.54. The molecule has 0 radical (unpaired) electrons. The number of likely N-dealkylation sites (tertiary alicyclic amines) is 1. The van der Waals surface area contributed by atoms with E-state index in [0.29, 0.717) is 30.1 Å². The van der Waals surface area contributed by atoms with Gasteiger partial charge in [-0.2, -0.15) is 0 Å². The fourth-order valence-electron chi connectivity index (χ4n) is 6.88. The molecule has 8 nitrogen and oxygen atoms in total. The summed E-state index contributed by atoms with van der Waals surface area (Å²) in [5, 5.41) is 10.8. The number of rotatable bonds is 10. The molecule has 3 heterocycles. The van der Waals surface area contributed by atoms with Crippen LogP contribution in [0.4, 0.5) is 5.69 Å². The number of anilines is 1. The van der Waals surface area contributed by atoms with E-state index >= 15 is 0 Å². The Bertz CT molecular complexity index is 1120. The topological polar surface area (TPSA) is 90.4 Å². The Morgan fingerprint density at radius 1 is 1.24 bits per heavy atom. The van der Waals surface area contributed by atoms with Crippen molar-refractivity contribution in [3.63, 3.8) is 0 Å². The van der Waals surface area contributed by atoms with Crippen LogP contribution in [0.25, 0.3) is 0 Å². The predicted molar refractivity (Wildman–Crippen MR) is 147 cm³/mol. The first-order valence-electron chi connectivity index (χ1n) is 13.2. The van der Waals surface area contributed by atoms with Gasteiger partial charge in [-0.05, 0) is 49.9 Å². The zero-order valence-electron chi connectivity index (χ0n) is 22.6. The lowest BCUT2D eigenvalue weighted by Gasteiger charge is -2.39. The molecule has 1 N–H and O–H groups in total. The lowest BCUT2D eigenvalue weighted by Crippen LogP contribution is -2.59. The normalized spacial score (nSPS) is 32.2. The van der Waals surface area contributed by atoms with Crippen LogP contribution in [0.3, 0.4) is 0 Å². The first-order valence-corrected chi connectivity index (χ1v) is 13.6. The number of carbonyl (C=O) groups excluding carboxylic acids is 3. The van der Waals surface area contributed by atoms with Crippen molar-refractivity contribution in [3.8, 4) is 0 Å². The average molecular weight is 544 g/mol. The van der Waals surface area contributed by atoms with Crippen molar-refractivity contribution >= 4 is 35.0 Å². The second kappa shape index (κ2) is 10.5. The van der Waals surface area contributed by atoms with Gasteiger partial charge in [0.25, 0.3) is 5.91 Å². The minimum absolute atomic E-state index is 0.0783. The third kappa shape index (κ3) is 4.08. The Labute approximate surface area is 229 Å². The fraction of sp³-hybridized carbons (Fsp3) is 0.552. The van der Waals surface area contributed by atoms with E-state index in [-0.39, 0.29) is 36.8 Å². The molecule has 4 rings (SSSR count). The molecule has 1 spiro atoms. The number of fused-ring (bicyclic) bond motifs is 1. The number of hydrogen-bond acceptors (Lipinski definition) is 5. The predicted octanol–water partition coefficient (Wildman–Crippen LogP) is 3.29. The maximum Gasteiger partial charge on any atom is 0.253 e. The highest BCUT2D eigenvalue weighted by Crippen LogP contribution is 2.65. The summed E-state index contributed by atoms with van der Waals surface area (Å²) in [6.07, 6.45) is 4.16. The fourth-order valence-corrected chi connectivity index (χ4v) is 7.01. The van der Waals surface area contributed by atoms with Crippen LogP contribution in [-0.2, 0) is 19.1 Å². The van der Waals surface area contributed by atoms with Gasteiger partial charge in [-0.1, -0.05) is 37.6 Å². The first-order chi connectivity index (χ1) is 18.0. The summed E-state index contributed by atoms with van der Waals surface area (Å²) >= 11 is 6.10. The molecule has 3 saturated heterocycles. The Morgan fingerprint density at radius 2 is 1.87 bits per heavy atom. The number of benzene rings is 1. The summed E-state index contributed by atoms with van der Waals surface area (Å²) in [4.78, 5) is 47.3. The van der Waals surface area contributed by atoms with Crippen molar-refractivity contribution in [1.82, 2.24) is 9.80 Å². The molecule has 0 aromatic heterocycles. The minimum Gasteiger partial charge on any atom is -0.394 e. The molecule has 3 aliphatic heterocycles. The number of halogens is 1. The van der Waals surface area contributed by atoms with E-state index < -0.39 is 35.1 Å². The van der Waals surface area contributed by atoms with Gasteiger partial charge in [0.2, 0.25) is 11.8 Å². The van der Waals surface area contributed by atoms with Crippen LogP contribution >= 0.6 is 11.6 Å². The molecule has 3 fully saturated rings. The number of ether oxygens (including phenoxy) is 1. The quantitative estimate of drug-likeness (QED) is 0.457. The van der Waals surface area contributed by atoms with Crippen LogP contribution in [0.1, 0.15) is 33.6 Å². The highest BCUT2D eigenvalue weighted by molar-refractivity contribution is 6.30. The SMILES string of the molecule is C=CCN(C)C(=O)[C@@H]1[C@H]2C(=O)N([C@@H](CC)CO)C(C(=O)N(CC=C)c3ccc(Cl)cc3)C23CC(C)[C@@]1(C)O3. The van der Waals surface area contributed by atoms with Crippen LogP contribution in [-0.4, -0.2) is 82.7 Å². The van der Waals surface area contributed by atoms with E-state index in [1.165, 1.54) is 4.90 Å². The van der Waals surface area contributed by atoms with Gasteiger partial charge in [-0.25, -0.2) is 0 Å². The van der Waals surface area contributed by atoms with Gasteiger partial charge in [0, 0.05) is 30.8 Å². The van der Waals surface area contributed by atoms with Gasteiger partial charge in [0.15, 0.2) is 0 Å². The van der Waals surface area contributed by atoms with Crippen LogP contribution in [0, 0.1) is 17.8 Å². The summed E-state index contributed by atoms with van der Waals surface area (Å²) in [7, 11) is 1.69. The van der Waals surface area contributed by atoms with E-state index in [0.717, 1.165) is 0 Å². The number of aliphatic hydroxyl groups is 1. The van der Waals surface area contributed by atoms with Crippen LogP contribution in [0.15, 0.2) is 49.6 Å². The number of amides is 3. The molecule has 3 amide bonds. The van der Waals surface area contributed by atoms with E-state index in [1.807, 2.05) is 20.8 Å². The molecule has 0 saturated carbocycles. The van der Waals surface area contributed by atoms with E-state index in [1.54, 1.807) is 53.3 Å². The lowest BCUT2D eigenvalue weighted by molar-refractivity contribution is -0.153. The van der Waals surface area contributed by atoms with Crippen LogP contribution in [0.2, 0.25) is 5.02 Å². The first kappa shape index (κ1) is 28.3. The summed E-state index contributed by atoms with van der Waals surface area (Å²) in [5.41, 5.74) is -1.51. The van der Waals surface area contributed by atoms with Gasteiger partial charge < -0.3 is 24.5 Å². The van der Waals surface area contributed by atoms with Gasteiger partial charge in [-0.3, -0.25) is 14.4 Å². The standard InChI is InChI=1S/C29H38ClN3O5/c1-7-14-31(6)25(35)22-23-26(36)33(20(9-3)17-34)24(29(23)16-18(4)28(22,5)38-29)27(37)32(15-8-2)21-12-10-19(30)11-13-21/h7-8,10-13,18,20,22-24,34H,1-2,9,14-17H2,3-6H3/t18?,20-,22-,23-,24?,28+,29?/m0/s1. The molecule has 38 heavy (non-hydrogen) atoms. The molecule has 9 heteroatoms. The molecule has 3 aliphatic rings. The van der Waals surface area contributed by atoms with Crippen LogP contribution < -0.4 is 4.90 Å². The zero-order valence-corrected chi connectivity index (χ0v) is 23.4. The summed E-state index contributed by atoms with van der Waals surface area (Å²) in [6.45, 7) is 13.6. The Balaban J connectivity index is 1.87. The third-order valence-corrected chi connectivity index (χ3v) is 9.08. The molecule has 0 aliphatic carbocycles. The molecular weight excluding hydrogens is 506 g/mol. The maximum absolute atomic E-state index is 14.5. The minimum atomic E-state index is -1.20. The second-order valence-corrected chi connectivity index (χ2v) is 11.4. The molecular formula is C29H38ClN3O5. The zero-order chi connectivity index (χ0) is 28.0. The second-order valence-electron chi connectivity index (χ2n) is 10.9. The van der Waals surface area contributed by atoms with Crippen molar-refractivity contribution in [2.45, 2.75) is 56.9 Å². The lowest BCUT2D eigenvalue weighted by atomic mass is 9.62. The maximum atomic E-state index is 14.5. The average Bonchev–Trinajstić information content (AvgIpc) is 3.40. The molecule has 1 aromatic carbocycles. The summed E-state index contributed by atoms with van der Waals surface area (Å²) < 4.78 is 6.79. The highest BCUT2D eigenvalue weighted by atomic mass is 35.5. The molecule has 206 valence electrons. The van der Waals surface area contributed by atoms with Crippen molar-refractivity contribution in [2.75, 3.05) is 31.6 Å². The van der Waals surface area contributed by atoms with Crippen LogP contribution in [0.5, 0.6) is 0 Å². The van der Waals surface area contributed by atoms with E-state index in [4.69, 9.17) is 16.3 Å². The van der Waals surface area contributed by atoms with Crippen molar-refractivity contribution < 1.29 is 24.2 Å². The Morgan fingerprint density at radius 3 is 2.42 bits per heavy atom. The molecule has 7 atom stereocenters. The monoisotopic (exact) mass is 543 g/mol. The Kier molecular flexibility index (Phi) is 7.81. The highest BCUT2D eigenvalue weighted by Gasteiger charge is 2.80. The summed E-state index contributed by atoms with van der Waals surface area (Å²) in [6, 6.07) is 5.28. The largest absolute Gasteiger partial charge is 0.394 e. The van der Waals surface area contributed by atoms with Gasteiger partial charge in [-0.15, -0.1) is 13.2 Å². The van der Waals surface area contributed by atoms with Gasteiger partial charge in [0.1, 0.15) is 11.6 Å². The van der Waals surface area contributed by atoms with Crippen molar-refractivity contribution in [3.05, 3.63) is 54.6 Å². The van der Waals surface area contributed by atoms with E-state index in [9.17, 15) is 19.5 Å². The molecule has 2 bridgehead atoms. The van der Waals surface area contributed by atoms with Crippen molar-refractivity contribution in [1.29, 1.82) is 0 Å². The van der Waals surface area contributed by atoms with Gasteiger partial charge in [0.05, 0.1) is 30.1 Å². The smallest absolute Gasteiger partial charge is 0.253 e.